The zero-order valence-electron chi connectivity index (χ0n) is 6.74. The first-order chi connectivity index (χ1) is 5.68. The van der Waals surface area contributed by atoms with Crippen LogP contribution in [0, 0.1) is 0 Å². The van der Waals surface area contributed by atoms with E-state index >= 15 is 0 Å². The molecule has 0 bridgehead atoms. The summed E-state index contributed by atoms with van der Waals surface area (Å²) >= 11 is 3.24. The Balaban J connectivity index is 2.92. The molecule has 0 fully saturated rings. The number of halogens is 1. The summed E-state index contributed by atoms with van der Waals surface area (Å²) in [5.74, 6) is 0. The summed E-state index contributed by atoms with van der Waals surface area (Å²) < 4.78 is 2.48. The summed E-state index contributed by atoms with van der Waals surface area (Å²) in [6, 6.07) is 0. The molecule has 0 radical (unpaired) electrons. The monoisotopic (exact) mass is 224 g/mol. The highest BCUT2D eigenvalue weighted by molar-refractivity contribution is 9.10. The van der Waals surface area contributed by atoms with E-state index < -0.39 is 0 Å². The van der Waals surface area contributed by atoms with Crippen molar-refractivity contribution in [3.05, 3.63) is 11.1 Å². The Kier molecular flexibility index (Phi) is 1.64. The molecular formula is C6H6BBrN4. The van der Waals surface area contributed by atoms with Crippen molar-refractivity contribution in [1.82, 2.24) is 19.5 Å². The van der Waals surface area contributed by atoms with Crippen LogP contribution in [-0.4, -0.2) is 27.4 Å². The van der Waals surface area contributed by atoms with Crippen LogP contribution in [0.15, 0.2) is 11.1 Å². The van der Waals surface area contributed by atoms with Gasteiger partial charge in [0.2, 0.25) is 0 Å². The maximum Gasteiger partial charge on any atom is 0.198 e. The highest BCUT2D eigenvalue weighted by atomic mass is 79.9. The summed E-state index contributed by atoms with van der Waals surface area (Å²) in [6.45, 7) is 0. The second kappa shape index (κ2) is 2.55. The van der Waals surface area contributed by atoms with Crippen LogP contribution >= 0.6 is 15.9 Å². The lowest BCUT2D eigenvalue weighted by Crippen LogP contribution is -2.11. The van der Waals surface area contributed by atoms with Crippen LogP contribution in [-0.2, 0) is 7.05 Å². The third-order valence-electron chi connectivity index (χ3n) is 1.71. The van der Waals surface area contributed by atoms with Gasteiger partial charge in [0.25, 0.3) is 0 Å². The van der Waals surface area contributed by atoms with Crippen LogP contribution < -0.4 is 5.59 Å². The lowest BCUT2D eigenvalue weighted by Gasteiger charge is -1.96. The fourth-order valence-electron chi connectivity index (χ4n) is 1.11. The number of hydrogen-bond acceptors (Lipinski definition) is 3. The molecule has 4 nitrogen and oxygen atoms in total. The van der Waals surface area contributed by atoms with Crippen molar-refractivity contribution >= 4 is 40.5 Å². The van der Waals surface area contributed by atoms with E-state index in [0.29, 0.717) is 4.73 Å². The first-order valence-corrected chi connectivity index (χ1v) is 4.29. The minimum absolute atomic E-state index is 0.608. The average Bonchev–Trinajstić information content (AvgIpc) is 2.33. The van der Waals surface area contributed by atoms with E-state index in [0.717, 1.165) is 16.8 Å². The highest BCUT2D eigenvalue weighted by Crippen LogP contribution is 2.07. The van der Waals surface area contributed by atoms with Crippen molar-refractivity contribution < 1.29 is 0 Å². The van der Waals surface area contributed by atoms with Crippen LogP contribution in [0.3, 0.4) is 0 Å². The normalized spacial score (nSPS) is 10.8. The van der Waals surface area contributed by atoms with Gasteiger partial charge in [0, 0.05) is 12.6 Å². The summed E-state index contributed by atoms with van der Waals surface area (Å²) in [6.07, 6.45) is 1.73. The van der Waals surface area contributed by atoms with Gasteiger partial charge < -0.3 is 4.57 Å². The molecule has 0 spiro atoms. The zero-order chi connectivity index (χ0) is 8.72. The molecule has 0 unspecified atom stereocenters. The van der Waals surface area contributed by atoms with Gasteiger partial charge in [-0.1, -0.05) is 0 Å². The van der Waals surface area contributed by atoms with Crippen molar-refractivity contribution in [1.29, 1.82) is 0 Å². The van der Waals surface area contributed by atoms with Crippen LogP contribution in [0.25, 0.3) is 11.2 Å². The van der Waals surface area contributed by atoms with Gasteiger partial charge in [-0.15, -0.1) is 0 Å². The number of aryl methyl sites for hydroxylation is 1. The number of aromatic nitrogens is 4. The van der Waals surface area contributed by atoms with Gasteiger partial charge in [0.05, 0.1) is 6.33 Å². The van der Waals surface area contributed by atoms with Crippen molar-refractivity contribution in [3.8, 4) is 0 Å². The summed E-state index contributed by atoms with van der Waals surface area (Å²) in [5, 5.41) is 0. The minimum atomic E-state index is 0.608. The minimum Gasteiger partial charge on any atom is -0.318 e. The van der Waals surface area contributed by atoms with E-state index in [9.17, 15) is 0 Å². The molecule has 0 aliphatic heterocycles. The molecule has 2 heterocycles. The zero-order valence-corrected chi connectivity index (χ0v) is 8.33. The van der Waals surface area contributed by atoms with Crippen LogP contribution in [0.4, 0.5) is 0 Å². The van der Waals surface area contributed by atoms with E-state index in [1.54, 1.807) is 6.33 Å². The van der Waals surface area contributed by atoms with E-state index in [4.69, 9.17) is 0 Å². The first kappa shape index (κ1) is 7.73. The Hall–Kier alpha value is -0.905. The molecule has 6 heteroatoms. The van der Waals surface area contributed by atoms with E-state index in [-0.39, 0.29) is 0 Å². The second-order valence-electron chi connectivity index (χ2n) is 2.61. The van der Waals surface area contributed by atoms with E-state index in [1.807, 2.05) is 19.5 Å². The van der Waals surface area contributed by atoms with Gasteiger partial charge in [0.1, 0.15) is 5.52 Å². The molecule has 0 saturated heterocycles. The van der Waals surface area contributed by atoms with Crippen LogP contribution in [0.2, 0.25) is 0 Å². The molecule has 0 aliphatic rings. The molecular weight excluding hydrogens is 219 g/mol. The molecule has 0 aromatic carbocycles. The number of hydrogen-bond donors (Lipinski definition) is 0. The predicted octanol–water partition coefficient (Wildman–Crippen LogP) is -0.616. The van der Waals surface area contributed by atoms with Crippen molar-refractivity contribution in [3.63, 3.8) is 0 Å². The maximum absolute atomic E-state index is 4.20. The predicted molar refractivity (Wildman–Crippen MR) is 52.2 cm³/mol. The van der Waals surface area contributed by atoms with Crippen LogP contribution in [0.5, 0.6) is 0 Å². The van der Waals surface area contributed by atoms with Gasteiger partial charge in [-0.05, 0) is 15.9 Å². The summed E-state index contributed by atoms with van der Waals surface area (Å²) in [4.78, 5) is 12.5. The molecule has 2 aromatic heterocycles. The molecule has 12 heavy (non-hydrogen) atoms. The van der Waals surface area contributed by atoms with Gasteiger partial charge in [-0.2, -0.15) is 0 Å². The molecule has 0 saturated carbocycles. The second-order valence-corrected chi connectivity index (χ2v) is 3.32. The fourth-order valence-corrected chi connectivity index (χ4v) is 1.55. The summed E-state index contributed by atoms with van der Waals surface area (Å²) in [7, 11) is 3.83. The third kappa shape index (κ3) is 1.03. The van der Waals surface area contributed by atoms with Crippen molar-refractivity contribution in [2.24, 2.45) is 7.05 Å². The molecule has 60 valence electrons. The Morgan fingerprint density at radius 3 is 3.00 bits per heavy atom. The molecule has 0 amide bonds. The summed E-state index contributed by atoms with van der Waals surface area (Å²) in [5.41, 5.74) is 2.61. The smallest absolute Gasteiger partial charge is 0.198 e. The molecule has 0 aliphatic carbocycles. The maximum atomic E-state index is 4.20. The SMILES string of the molecule is Bc1nc(Br)nc2c1ncn2C. The van der Waals surface area contributed by atoms with Gasteiger partial charge in [-0.3, -0.25) is 0 Å². The lowest BCUT2D eigenvalue weighted by atomic mass is 10.0. The Bertz CT molecular complexity index is 438. The molecule has 2 aromatic rings. The van der Waals surface area contributed by atoms with E-state index in [2.05, 4.69) is 30.9 Å². The fraction of sp³-hybridized carbons (Fsp3) is 0.167. The average molecular weight is 225 g/mol. The van der Waals surface area contributed by atoms with Crippen molar-refractivity contribution in [2.45, 2.75) is 0 Å². The first-order valence-electron chi connectivity index (χ1n) is 3.49. The molecule has 0 N–H and O–H groups in total. The van der Waals surface area contributed by atoms with Crippen LogP contribution in [0.1, 0.15) is 0 Å². The Morgan fingerprint density at radius 2 is 2.25 bits per heavy atom. The van der Waals surface area contributed by atoms with Gasteiger partial charge >= 0.3 is 0 Å². The highest BCUT2D eigenvalue weighted by Gasteiger charge is 2.05. The number of nitrogens with zero attached hydrogens (tertiary/aromatic N) is 4. The van der Waals surface area contributed by atoms with Crippen molar-refractivity contribution in [2.75, 3.05) is 0 Å². The van der Waals surface area contributed by atoms with Gasteiger partial charge in [0.15, 0.2) is 18.2 Å². The number of rotatable bonds is 0. The van der Waals surface area contributed by atoms with Gasteiger partial charge in [-0.25, -0.2) is 15.0 Å². The Morgan fingerprint density at radius 1 is 1.50 bits per heavy atom. The lowest BCUT2D eigenvalue weighted by molar-refractivity contribution is 0.925. The number of fused-ring (bicyclic) bond motifs is 1. The molecule has 0 atom stereocenters. The quantitative estimate of drug-likeness (QED) is 0.443. The topological polar surface area (TPSA) is 43.6 Å². The third-order valence-corrected chi connectivity index (χ3v) is 2.06. The standard InChI is InChI=1S/C6H6BBrN4/c1-12-2-9-3-4(7)10-6(8)11-5(3)12/h2H,7H2,1H3. The van der Waals surface area contributed by atoms with E-state index in [1.165, 1.54) is 0 Å². The number of imidazole rings is 1. The molecule has 2 rings (SSSR count). The largest absolute Gasteiger partial charge is 0.318 e. The Labute approximate surface area is 78.6 Å².